The molecular formula is C21H25NO2. The molecule has 2 aliphatic rings. The van der Waals surface area contributed by atoms with Gasteiger partial charge in [0.15, 0.2) is 11.5 Å². The van der Waals surface area contributed by atoms with Gasteiger partial charge in [0.05, 0.1) is 0 Å². The van der Waals surface area contributed by atoms with E-state index < -0.39 is 0 Å². The topological polar surface area (TPSA) is 43.7 Å². The number of hydrogen-bond acceptors (Lipinski definition) is 3. The summed E-state index contributed by atoms with van der Waals surface area (Å²) in [5, 5.41) is 20.5. The van der Waals surface area contributed by atoms with E-state index in [0.717, 1.165) is 36.1 Å². The van der Waals surface area contributed by atoms with Crippen LogP contribution in [0.25, 0.3) is 11.1 Å². The van der Waals surface area contributed by atoms with Crippen LogP contribution in [0.1, 0.15) is 68.3 Å². The highest BCUT2D eigenvalue weighted by molar-refractivity contribution is 5.83. The van der Waals surface area contributed by atoms with Gasteiger partial charge in [-0.1, -0.05) is 51.5 Å². The SMILES string of the molecule is CCC[C@H]1c2cccc3c2[C@@H](C(C)c2ccc(O)c(O)c2-3)N1CC. The van der Waals surface area contributed by atoms with E-state index in [2.05, 4.69) is 43.9 Å². The molecule has 3 nitrogen and oxygen atoms in total. The number of hydrogen-bond donors (Lipinski definition) is 2. The zero-order valence-corrected chi connectivity index (χ0v) is 14.6. The fourth-order valence-corrected chi connectivity index (χ4v) is 4.94. The highest BCUT2D eigenvalue weighted by Gasteiger charge is 2.45. The molecule has 0 bridgehead atoms. The van der Waals surface area contributed by atoms with Crippen molar-refractivity contribution in [1.29, 1.82) is 0 Å². The van der Waals surface area contributed by atoms with Crippen LogP contribution in [0, 0.1) is 0 Å². The molecule has 1 aliphatic carbocycles. The molecule has 3 atom stereocenters. The zero-order chi connectivity index (χ0) is 17.0. The van der Waals surface area contributed by atoms with Gasteiger partial charge in [0, 0.05) is 23.6 Å². The molecule has 0 fully saturated rings. The van der Waals surface area contributed by atoms with E-state index in [1.54, 1.807) is 6.07 Å². The average Bonchev–Trinajstić information content (AvgIpc) is 2.90. The lowest BCUT2D eigenvalue weighted by Crippen LogP contribution is -2.30. The third-order valence-electron chi connectivity index (χ3n) is 5.90. The quantitative estimate of drug-likeness (QED) is 0.772. The fourth-order valence-electron chi connectivity index (χ4n) is 4.94. The molecule has 0 aromatic heterocycles. The molecule has 0 saturated heterocycles. The molecule has 0 radical (unpaired) electrons. The van der Waals surface area contributed by atoms with Gasteiger partial charge in [0.2, 0.25) is 0 Å². The van der Waals surface area contributed by atoms with Gasteiger partial charge in [-0.25, -0.2) is 0 Å². The smallest absolute Gasteiger partial charge is 0.165 e. The number of rotatable bonds is 3. The van der Waals surface area contributed by atoms with Gasteiger partial charge in [-0.05, 0) is 41.3 Å². The van der Waals surface area contributed by atoms with E-state index in [1.165, 1.54) is 11.1 Å². The number of likely N-dealkylation sites (N-methyl/N-ethyl adjacent to an activating group) is 1. The summed E-state index contributed by atoms with van der Waals surface area (Å²) in [6.07, 6.45) is 2.31. The molecule has 1 heterocycles. The van der Waals surface area contributed by atoms with Crippen LogP contribution in [-0.2, 0) is 0 Å². The largest absolute Gasteiger partial charge is 0.504 e. The summed E-state index contributed by atoms with van der Waals surface area (Å²) >= 11 is 0. The number of benzene rings is 2. The lowest BCUT2D eigenvalue weighted by Gasteiger charge is -2.37. The van der Waals surface area contributed by atoms with Crippen LogP contribution < -0.4 is 0 Å². The predicted octanol–water partition coefficient (Wildman–Crippen LogP) is 5.10. The molecule has 2 aromatic carbocycles. The van der Waals surface area contributed by atoms with Crippen LogP contribution in [0.5, 0.6) is 11.5 Å². The molecule has 0 spiro atoms. The first kappa shape index (κ1) is 15.5. The lowest BCUT2D eigenvalue weighted by atomic mass is 9.75. The molecule has 4 rings (SSSR count). The molecule has 1 aliphatic heterocycles. The van der Waals surface area contributed by atoms with Gasteiger partial charge in [-0.3, -0.25) is 4.90 Å². The summed E-state index contributed by atoms with van der Waals surface area (Å²) < 4.78 is 0. The minimum atomic E-state index is -0.0348. The van der Waals surface area contributed by atoms with Gasteiger partial charge in [0.25, 0.3) is 0 Å². The Bertz CT molecular complexity index is 799. The first-order valence-electron chi connectivity index (χ1n) is 9.03. The van der Waals surface area contributed by atoms with Crippen LogP contribution in [0.2, 0.25) is 0 Å². The van der Waals surface area contributed by atoms with Crippen molar-refractivity contribution >= 4 is 0 Å². The summed E-state index contributed by atoms with van der Waals surface area (Å²) in [6, 6.07) is 10.8. The van der Waals surface area contributed by atoms with Crippen LogP contribution in [-0.4, -0.2) is 21.7 Å². The Kier molecular flexibility index (Phi) is 3.57. The fraction of sp³-hybridized carbons (Fsp3) is 0.429. The molecule has 126 valence electrons. The van der Waals surface area contributed by atoms with Gasteiger partial charge in [-0.2, -0.15) is 0 Å². The predicted molar refractivity (Wildman–Crippen MR) is 96.4 cm³/mol. The van der Waals surface area contributed by atoms with Crippen molar-refractivity contribution in [3.63, 3.8) is 0 Å². The molecule has 24 heavy (non-hydrogen) atoms. The minimum absolute atomic E-state index is 0.0215. The van der Waals surface area contributed by atoms with E-state index in [0.29, 0.717) is 18.0 Å². The summed E-state index contributed by atoms with van der Waals surface area (Å²) in [5.41, 5.74) is 5.82. The Morgan fingerprint density at radius 2 is 1.83 bits per heavy atom. The number of phenols is 2. The summed E-state index contributed by atoms with van der Waals surface area (Å²) in [4.78, 5) is 2.62. The van der Waals surface area contributed by atoms with Gasteiger partial charge >= 0.3 is 0 Å². The Morgan fingerprint density at radius 1 is 1.04 bits per heavy atom. The molecule has 0 saturated carbocycles. The molecule has 3 heteroatoms. The monoisotopic (exact) mass is 323 g/mol. The van der Waals surface area contributed by atoms with Crippen molar-refractivity contribution in [1.82, 2.24) is 4.90 Å². The Hall–Kier alpha value is -2.00. The van der Waals surface area contributed by atoms with Crippen LogP contribution in [0.4, 0.5) is 0 Å². The number of phenolic OH excluding ortho intramolecular Hbond substituents is 2. The third-order valence-corrected chi connectivity index (χ3v) is 5.90. The summed E-state index contributed by atoms with van der Waals surface area (Å²) in [5.74, 6) is 0.280. The van der Waals surface area contributed by atoms with Crippen molar-refractivity contribution < 1.29 is 10.2 Å². The third kappa shape index (κ3) is 1.88. The number of nitrogens with zero attached hydrogens (tertiary/aromatic N) is 1. The maximum absolute atomic E-state index is 10.5. The average molecular weight is 323 g/mol. The van der Waals surface area contributed by atoms with Crippen molar-refractivity contribution in [2.45, 2.75) is 51.6 Å². The van der Waals surface area contributed by atoms with Crippen LogP contribution in [0.3, 0.4) is 0 Å². The summed E-state index contributed by atoms with van der Waals surface area (Å²) in [7, 11) is 0. The first-order chi connectivity index (χ1) is 11.6. The van der Waals surface area contributed by atoms with Crippen LogP contribution >= 0.6 is 0 Å². The minimum Gasteiger partial charge on any atom is -0.504 e. The normalized spacial score (nSPS) is 24.7. The van der Waals surface area contributed by atoms with E-state index >= 15 is 0 Å². The van der Waals surface area contributed by atoms with Gasteiger partial charge < -0.3 is 10.2 Å². The van der Waals surface area contributed by atoms with Crippen molar-refractivity contribution in [3.8, 4) is 22.6 Å². The molecule has 1 unspecified atom stereocenters. The second-order valence-corrected chi connectivity index (χ2v) is 7.07. The lowest BCUT2D eigenvalue weighted by molar-refractivity contribution is 0.144. The highest BCUT2D eigenvalue weighted by Crippen LogP contribution is 2.59. The van der Waals surface area contributed by atoms with E-state index in [4.69, 9.17) is 0 Å². The van der Waals surface area contributed by atoms with E-state index in [9.17, 15) is 10.2 Å². The highest BCUT2D eigenvalue weighted by atomic mass is 16.3. The molecular weight excluding hydrogens is 298 g/mol. The molecule has 0 amide bonds. The standard InChI is InChI=1S/C21H25NO2/c1-4-7-16-14-8-6-9-15-18(14)20(22(16)5-2)12(3)13-10-11-17(23)21(24)19(13)15/h6,8-12,16,20,23-24H,4-5,7H2,1-3H3/t12?,16-,20+/m0/s1. The molecule has 2 N–H and O–H groups in total. The second-order valence-electron chi connectivity index (χ2n) is 7.07. The van der Waals surface area contributed by atoms with Gasteiger partial charge in [0.1, 0.15) is 0 Å². The van der Waals surface area contributed by atoms with E-state index in [-0.39, 0.29) is 11.5 Å². The zero-order valence-electron chi connectivity index (χ0n) is 14.6. The van der Waals surface area contributed by atoms with Gasteiger partial charge in [-0.15, -0.1) is 0 Å². The molecule has 2 aromatic rings. The second kappa shape index (κ2) is 5.52. The maximum atomic E-state index is 10.5. The number of aromatic hydroxyl groups is 2. The first-order valence-corrected chi connectivity index (χ1v) is 9.03. The van der Waals surface area contributed by atoms with Crippen molar-refractivity contribution in [3.05, 3.63) is 47.0 Å². The van der Waals surface area contributed by atoms with Crippen LogP contribution in [0.15, 0.2) is 30.3 Å². The van der Waals surface area contributed by atoms with Crippen molar-refractivity contribution in [2.24, 2.45) is 0 Å². The number of fused-ring (bicyclic) bond motifs is 2. The van der Waals surface area contributed by atoms with Crippen molar-refractivity contribution in [2.75, 3.05) is 6.54 Å². The summed E-state index contributed by atoms with van der Waals surface area (Å²) in [6.45, 7) is 7.75. The Labute approximate surface area is 143 Å². The Morgan fingerprint density at radius 3 is 2.54 bits per heavy atom. The Balaban J connectivity index is 2.01. The van der Waals surface area contributed by atoms with E-state index in [1.807, 2.05) is 6.07 Å². The maximum Gasteiger partial charge on any atom is 0.165 e.